The van der Waals surface area contributed by atoms with Crippen LogP contribution in [0.25, 0.3) is 12.2 Å². The average molecular weight is 716 g/mol. The Bertz CT molecular complexity index is 1660. The molecule has 227 valence electrons. The second-order valence-corrected chi connectivity index (χ2v) is 56.7. The number of rotatable bonds is 5. The summed E-state index contributed by atoms with van der Waals surface area (Å²) in [5.41, 5.74) is 9.82. The van der Waals surface area contributed by atoms with Gasteiger partial charge in [-0.3, -0.25) is 0 Å². The fourth-order valence-electron chi connectivity index (χ4n) is 8.97. The molecule has 4 aromatic carbocycles. The zero-order valence-electron chi connectivity index (χ0n) is 27.4. The third kappa shape index (κ3) is 3.97. The van der Waals surface area contributed by atoms with Crippen molar-refractivity contribution >= 4 is 35.1 Å². The molecule has 0 fully saturated rings. The summed E-state index contributed by atoms with van der Waals surface area (Å²) in [6.45, 7) is 19.0. The van der Waals surface area contributed by atoms with Crippen molar-refractivity contribution in [1.82, 2.24) is 0 Å². The van der Waals surface area contributed by atoms with Gasteiger partial charge in [0, 0.05) is 0 Å². The fraction of sp³-hybridized carbons (Fsp3) is 0.300. The van der Waals surface area contributed by atoms with Crippen LogP contribution in [-0.2, 0) is 21.8 Å². The van der Waals surface area contributed by atoms with E-state index in [-0.39, 0.29) is 10.8 Å². The van der Waals surface area contributed by atoms with Gasteiger partial charge in [0.1, 0.15) is 0 Å². The summed E-state index contributed by atoms with van der Waals surface area (Å²) in [6, 6.07) is 40.2. The normalized spacial score (nSPS) is 22.6. The minimum atomic E-state index is -5.64. The SMILES string of the molecule is C[SiH](C)[Zr]([Cl])([Cl])([C]1(c2ccccc2)C(C(C)(C)C)=Cc2ccccc21)[C]1(c2ccccc2)C(C(C)(C)C)=Cc2ccccc21. The molecular formula is C40H45Cl2SiZr. The Morgan fingerprint density at radius 1 is 0.500 bits per heavy atom. The average Bonchev–Trinajstić information content (AvgIpc) is 3.55. The molecule has 44 heavy (non-hydrogen) atoms. The molecule has 0 radical (unpaired) electrons. The summed E-state index contributed by atoms with van der Waals surface area (Å²) >= 11 is -5.64. The van der Waals surface area contributed by atoms with E-state index in [9.17, 15) is 17.0 Å². The minimum absolute atomic E-state index is 0.196. The standard InChI is InChI=1S/2C19H19.C2H7Si.2ClH.Zr/c2*1-19(2,3)17-13-15-11-7-8-12-16(15)18(17)14-9-5-4-6-10-14;1-3-2;;;/h2*4-13H,1-3H3;3H,1-2H3;2*1H;/q;;;;;+2/p-2. The zero-order valence-corrected chi connectivity index (χ0v) is 32.5. The summed E-state index contributed by atoms with van der Waals surface area (Å²) in [7, 11) is 18.7. The Balaban J connectivity index is 1.97. The number of fused-ring (bicyclic) bond motifs is 2. The van der Waals surface area contributed by atoms with E-state index in [1.165, 1.54) is 44.5 Å². The predicted molar refractivity (Wildman–Crippen MR) is 193 cm³/mol. The van der Waals surface area contributed by atoms with E-state index >= 15 is 0 Å². The summed E-state index contributed by atoms with van der Waals surface area (Å²) in [6.07, 6.45) is 4.91. The molecule has 0 aromatic heterocycles. The van der Waals surface area contributed by atoms with Crippen molar-refractivity contribution in [3.05, 3.63) is 154 Å². The van der Waals surface area contributed by atoms with Gasteiger partial charge in [0.15, 0.2) is 0 Å². The van der Waals surface area contributed by atoms with Crippen LogP contribution in [0.4, 0.5) is 0 Å². The van der Waals surface area contributed by atoms with Gasteiger partial charge in [-0.05, 0) is 0 Å². The van der Waals surface area contributed by atoms with E-state index in [0.717, 1.165) is 0 Å². The molecule has 4 aromatic rings. The van der Waals surface area contributed by atoms with Crippen LogP contribution in [0, 0.1) is 10.8 Å². The molecule has 0 aliphatic heterocycles. The number of hydrogen-bond donors (Lipinski definition) is 0. The first-order valence-corrected chi connectivity index (χ1v) is 31.9. The molecule has 6 rings (SSSR count). The zero-order chi connectivity index (χ0) is 31.8. The van der Waals surface area contributed by atoms with E-state index in [0.29, 0.717) is 0 Å². The van der Waals surface area contributed by atoms with Crippen molar-refractivity contribution in [2.75, 3.05) is 0 Å². The molecule has 0 bridgehead atoms. The maximum atomic E-state index is 9.34. The van der Waals surface area contributed by atoms with Crippen LogP contribution in [-0.4, -0.2) is 5.92 Å². The molecule has 0 saturated heterocycles. The summed E-state index contributed by atoms with van der Waals surface area (Å²) in [5.74, 6) is -1.97. The van der Waals surface area contributed by atoms with E-state index in [4.69, 9.17) is 0 Å². The molecule has 4 heteroatoms. The second kappa shape index (κ2) is 10.5. The van der Waals surface area contributed by atoms with Gasteiger partial charge in [-0.25, -0.2) is 0 Å². The van der Waals surface area contributed by atoms with Crippen LogP contribution >= 0.6 is 17.0 Å². The first kappa shape index (κ1) is 32.0. The van der Waals surface area contributed by atoms with Crippen molar-refractivity contribution in [1.29, 1.82) is 0 Å². The van der Waals surface area contributed by atoms with Crippen molar-refractivity contribution in [3.63, 3.8) is 0 Å². The van der Waals surface area contributed by atoms with E-state index < -0.39 is 27.7 Å². The van der Waals surface area contributed by atoms with Gasteiger partial charge in [0.25, 0.3) is 0 Å². The van der Waals surface area contributed by atoms with Gasteiger partial charge in [0.2, 0.25) is 0 Å². The van der Waals surface area contributed by atoms with Gasteiger partial charge in [0.05, 0.1) is 0 Å². The Labute approximate surface area is 274 Å². The van der Waals surface area contributed by atoms with Crippen molar-refractivity contribution < 1.29 is 15.6 Å². The van der Waals surface area contributed by atoms with E-state index in [2.05, 4.69) is 176 Å². The van der Waals surface area contributed by atoms with Crippen molar-refractivity contribution in [2.24, 2.45) is 10.8 Å². The first-order valence-electron chi connectivity index (χ1n) is 16.0. The molecule has 0 heterocycles. The molecule has 0 N–H and O–H groups in total. The Morgan fingerprint density at radius 3 is 1.14 bits per heavy atom. The number of allylic oxidation sites excluding steroid dienone is 2. The van der Waals surface area contributed by atoms with Crippen LogP contribution in [0.2, 0.25) is 13.1 Å². The van der Waals surface area contributed by atoms with Crippen molar-refractivity contribution in [2.45, 2.75) is 60.9 Å². The van der Waals surface area contributed by atoms with Crippen LogP contribution in [0.3, 0.4) is 0 Å². The van der Waals surface area contributed by atoms with Crippen LogP contribution in [0.5, 0.6) is 0 Å². The Hall–Kier alpha value is -1.96. The first-order chi connectivity index (χ1) is 20.6. The fourth-order valence-corrected chi connectivity index (χ4v) is 49.5. The van der Waals surface area contributed by atoms with Gasteiger partial charge in [-0.15, -0.1) is 0 Å². The Kier molecular flexibility index (Phi) is 7.66. The Morgan fingerprint density at radius 2 is 0.818 bits per heavy atom. The van der Waals surface area contributed by atoms with Crippen LogP contribution in [0.15, 0.2) is 120 Å². The summed E-state index contributed by atoms with van der Waals surface area (Å²) in [4.78, 5) is 0. The van der Waals surface area contributed by atoms with E-state index in [1.807, 2.05) is 0 Å². The third-order valence-electron chi connectivity index (χ3n) is 10.6. The van der Waals surface area contributed by atoms with Gasteiger partial charge in [-0.1, -0.05) is 0 Å². The molecule has 2 aliphatic carbocycles. The molecule has 0 saturated carbocycles. The maximum absolute atomic E-state index is 9.34. The molecule has 0 spiro atoms. The summed E-state index contributed by atoms with van der Waals surface area (Å²) < 4.78 is -1.34. The molecule has 2 aliphatic rings. The topological polar surface area (TPSA) is 0 Å². The molecule has 0 amide bonds. The monoisotopic (exact) mass is 713 g/mol. The van der Waals surface area contributed by atoms with Crippen LogP contribution in [0.1, 0.15) is 74.9 Å². The van der Waals surface area contributed by atoms with Gasteiger partial charge in [-0.2, -0.15) is 0 Å². The summed E-state index contributed by atoms with van der Waals surface area (Å²) in [5, 5.41) is 0. The van der Waals surface area contributed by atoms with Crippen LogP contribution < -0.4 is 0 Å². The molecule has 2 atom stereocenters. The van der Waals surface area contributed by atoms with Crippen molar-refractivity contribution in [3.8, 4) is 0 Å². The van der Waals surface area contributed by atoms with E-state index in [1.54, 1.807) is 0 Å². The molecule has 0 nitrogen and oxygen atoms in total. The molecular weight excluding hydrogens is 671 g/mol. The quantitative estimate of drug-likeness (QED) is 0.181. The number of benzene rings is 4. The number of hydrogen-bond acceptors (Lipinski definition) is 0. The second-order valence-electron chi connectivity index (χ2n) is 15.3. The molecule has 2 unspecified atom stereocenters. The predicted octanol–water partition coefficient (Wildman–Crippen LogP) is 11.7. The third-order valence-corrected chi connectivity index (χ3v) is 65.7. The van der Waals surface area contributed by atoms with Gasteiger partial charge < -0.3 is 0 Å². The van der Waals surface area contributed by atoms with Gasteiger partial charge >= 0.3 is 276 Å². The number of halogens is 2.